The lowest BCUT2D eigenvalue weighted by Crippen LogP contribution is -2.60. The number of alkyl carbamates (subject to hydrolysis) is 1. The maximum Gasteiger partial charge on any atom is 0.407 e. The third-order valence-electron chi connectivity index (χ3n) is 10.3. The number of amides is 4. The Morgan fingerprint density at radius 1 is 1.02 bits per heavy atom. The topological polar surface area (TPSA) is 160 Å². The van der Waals surface area contributed by atoms with E-state index in [1.807, 2.05) is 20.8 Å². The van der Waals surface area contributed by atoms with E-state index in [1.54, 1.807) is 0 Å². The molecule has 2 aliphatic carbocycles. The average molecular weight is 715 g/mol. The number of benzene rings is 1. The number of cyclic esters (lactones) is 1. The average Bonchev–Trinajstić information content (AvgIpc) is 3.99. The van der Waals surface area contributed by atoms with Crippen LogP contribution in [0.3, 0.4) is 0 Å². The molecule has 5 rings (SSSR count). The fourth-order valence-corrected chi connectivity index (χ4v) is 8.36. The molecule has 4 amide bonds. The van der Waals surface area contributed by atoms with Crippen molar-refractivity contribution in [3.63, 3.8) is 0 Å². The number of ether oxygens (including phenoxy) is 2. The standard InChI is InChI=1S/C37H54N4O8S/c1-5-27-23-37(27,34(44)40-50(46,47)29-17-18-29)39-32(42)30-22-28-24-41(30)33(43)31(36(2,3)4)38-35(45)49-19-10-8-6-7-9-13-25-14-11-15-26(21-25)16-12-20-48-28/h5,11,14-15,21,27-31H,1,6-10,12-13,16-20,22-24H2,2-4H3,(H,38,45)(H,39,42)(H,40,44)/t27-,28+,30-,31+,37+/m0/s1. The molecule has 1 aromatic carbocycles. The summed E-state index contributed by atoms with van der Waals surface area (Å²) in [5.74, 6) is -2.33. The van der Waals surface area contributed by atoms with Gasteiger partial charge in [0.1, 0.15) is 17.6 Å². The second-order valence-corrected chi connectivity index (χ2v) is 17.4. The number of fused-ring (bicyclic) bond motifs is 4. The first-order chi connectivity index (χ1) is 23.7. The fourth-order valence-electron chi connectivity index (χ4n) is 7.00. The third-order valence-corrected chi connectivity index (χ3v) is 12.1. The lowest BCUT2D eigenvalue weighted by Gasteiger charge is -2.35. The van der Waals surface area contributed by atoms with E-state index in [1.165, 1.54) is 22.1 Å². The largest absolute Gasteiger partial charge is 0.450 e. The van der Waals surface area contributed by atoms with Gasteiger partial charge in [0.05, 0.1) is 18.0 Å². The Balaban J connectivity index is 1.35. The van der Waals surface area contributed by atoms with E-state index >= 15 is 0 Å². The van der Waals surface area contributed by atoms with Gasteiger partial charge in [0, 0.05) is 25.5 Å². The van der Waals surface area contributed by atoms with E-state index in [4.69, 9.17) is 9.47 Å². The monoisotopic (exact) mass is 714 g/mol. The van der Waals surface area contributed by atoms with E-state index in [-0.39, 0.29) is 26.0 Å². The molecule has 0 aromatic heterocycles. The predicted octanol–water partition coefficient (Wildman–Crippen LogP) is 3.92. The Morgan fingerprint density at radius 2 is 1.70 bits per heavy atom. The summed E-state index contributed by atoms with van der Waals surface area (Å²) in [6.45, 7) is 10.0. The minimum Gasteiger partial charge on any atom is -0.450 e. The molecular formula is C37H54N4O8S. The van der Waals surface area contributed by atoms with Gasteiger partial charge in [-0.25, -0.2) is 13.2 Å². The smallest absolute Gasteiger partial charge is 0.407 e. The van der Waals surface area contributed by atoms with Crippen molar-refractivity contribution in [3.8, 4) is 0 Å². The predicted molar refractivity (Wildman–Crippen MR) is 188 cm³/mol. The molecule has 50 heavy (non-hydrogen) atoms. The van der Waals surface area contributed by atoms with Gasteiger partial charge < -0.3 is 25.0 Å². The number of carbonyl (C=O) groups excluding carboxylic acids is 4. The Labute approximate surface area is 296 Å². The van der Waals surface area contributed by atoms with E-state index in [0.717, 1.165) is 44.9 Å². The molecule has 5 atom stereocenters. The van der Waals surface area contributed by atoms with Crippen molar-refractivity contribution in [3.05, 3.63) is 48.0 Å². The number of nitrogens with one attached hydrogen (secondary N) is 3. The molecule has 0 radical (unpaired) electrons. The normalized spacial score (nSPS) is 29.0. The Bertz CT molecular complexity index is 1540. The molecule has 13 heteroatoms. The van der Waals surface area contributed by atoms with Crippen LogP contribution in [0.15, 0.2) is 36.9 Å². The highest BCUT2D eigenvalue weighted by Crippen LogP contribution is 2.45. The molecule has 1 saturated heterocycles. The summed E-state index contributed by atoms with van der Waals surface area (Å²) in [5, 5.41) is 4.96. The highest BCUT2D eigenvalue weighted by molar-refractivity contribution is 7.91. The van der Waals surface area contributed by atoms with Crippen LogP contribution in [0.2, 0.25) is 0 Å². The highest BCUT2D eigenvalue weighted by atomic mass is 32.2. The number of aryl methyl sites for hydroxylation is 2. The molecule has 2 aliphatic heterocycles. The zero-order valence-electron chi connectivity index (χ0n) is 29.7. The van der Waals surface area contributed by atoms with Crippen molar-refractivity contribution in [1.82, 2.24) is 20.3 Å². The first-order valence-electron chi connectivity index (χ1n) is 18.2. The van der Waals surface area contributed by atoms with Gasteiger partial charge in [-0.05, 0) is 67.9 Å². The molecule has 4 bridgehead atoms. The summed E-state index contributed by atoms with van der Waals surface area (Å²) < 4.78 is 39.1. The Kier molecular flexibility index (Phi) is 12.0. The van der Waals surface area contributed by atoms with Crippen LogP contribution in [0, 0.1) is 11.3 Å². The van der Waals surface area contributed by atoms with Crippen molar-refractivity contribution in [1.29, 1.82) is 0 Å². The van der Waals surface area contributed by atoms with E-state index in [2.05, 4.69) is 46.2 Å². The molecule has 2 heterocycles. The van der Waals surface area contributed by atoms with Crippen LogP contribution < -0.4 is 15.4 Å². The van der Waals surface area contributed by atoms with Gasteiger partial charge in [-0.3, -0.25) is 19.1 Å². The second-order valence-electron chi connectivity index (χ2n) is 15.4. The Hall–Kier alpha value is -3.45. The molecule has 1 aromatic rings. The van der Waals surface area contributed by atoms with E-state index in [0.29, 0.717) is 25.9 Å². The van der Waals surface area contributed by atoms with Gasteiger partial charge >= 0.3 is 6.09 Å². The molecular weight excluding hydrogens is 660 g/mol. The molecule has 276 valence electrons. The molecule has 0 spiro atoms. The molecule has 4 aliphatic rings. The number of hydrogen-bond donors (Lipinski definition) is 3. The van der Waals surface area contributed by atoms with Crippen molar-refractivity contribution < 1.29 is 37.1 Å². The third kappa shape index (κ3) is 9.45. The number of sulfonamides is 1. The summed E-state index contributed by atoms with van der Waals surface area (Å²) in [5.41, 5.74) is 0.323. The van der Waals surface area contributed by atoms with Crippen LogP contribution in [0.1, 0.15) is 96.1 Å². The van der Waals surface area contributed by atoms with Crippen molar-refractivity contribution in [2.75, 3.05) is 19.8 Å². The molecule has 0 unspecified atom stereocenters. The summed E-state index contributed by atoms with van der Waals surface area (Å²) in [7, 11) is -3.85. The summed E-state index contributed by atoms with van der Waals surface area (Å²) in [4.78, 5) is 56.1. The number of nitrogens with zero attached hydrogens (tertiary/aromatic N) is 1. The first-order valence-corrected chi connectivity index (χ1v) is 19.7. The molecule has 3 fully saturated rings. The maximum atomic E-state index is 14.3. The quantitative estimate of drug-likeness (QED) is 0.374. The van der Waals surface area contributed by atoms with Crippen LogP contribution in [-0.4, -0.2) is 85.9 Å². The fraction of sp³-hybridized carbons (Fsp3) is 0.676. The summed E-state index contributed by atoms with van der Waals surface area (Å²) >= 11 is 0. The molecule has 12 nitrogen and oxygen atoms in total. The van der Waals surface area contributed by atoms with Gasteiger partial charge in [0.15, 0.2) is 0 Å². The summed E-state index contributed by atoms with van der Waals surface area (Å²) in [6, 6.07) is 6.57. The zero-order valence-corrected chi connectivity index (χ0v) is 30.5. The zero-order chi connectivity index (χ0) is 36.1. The minimum absolute atomic E-state index is 0.107. The van der Waals surface area contributed by atoms with Crippen molar-refractivity contribution >= 4 is 33.8 Å². The number of carbonyl (C=O) groups is 4. The van der Waals surface area contributed by atoms with Gasteiger partial charge in [-0.2, -0.15) is 0 Å². The molecule has 3 N–H and O–H groups in total. The number of rotatable bonds is 6. The lowest BCUT2D eigenvalue weighted by atomic mass is 9.85. The Morgan fingerprint density at radius 3 is 2.36 bits per heavy atom. The van der Waals surface area contributed by atoms with Crippen LogP contribution in [-0.2, 0) is 46.7 Å². The van der Waals surface area contributed by atoms with Crippen molar-refractivity contribution in [2.45, 2.75) is 127 Å². The molecule has 2 saturated carbocycles. The highest BCUT2D eigenvalue weighted by Gasteiger charge is 2.62. The van der Waals surface area contributed by atoms with Crippen LogP contribution in [0.4, 0.5) is 4.79 Å². The SMILES string of the molecule is C=C[C@H]1C[C@]1(NC(=O)[C@@H]1C[C@@H]2CN1C(=O)[C@H](C(C)(C)C)NC(=O)OCCCCCCCc1cccc(c1)CCCO2)C(=O)NS(=O)(=O)C1CC1. The van der Waals surface area contributed by atoms with Gasteiger partial charge in [-0.1, -0.05) is 70.4 Å². The van der Waals surface area contributed by atoms with E-state index < -0.39 is 74.1 Å². The van der Waals surface area contributed by atoms with E-state index in [9.17, 15) is 27.6 Å². The van der Waals surface area contributed by atoms with Crippen LogP contribution in [0.5, 0.6) is 0 Å². The van der Waals surface area contributed by atoms with Crippen molar-refractivity contribution in [2.24, 2.45) is 11.3 Å². The summed E-state index contributed by atoms with van der Waals surface area (Å²) in [6.07, 6.45) is 9.15. The van der Waals surface area contributed by atoms with Gasteiger partial charge in [0.2, 0.25) is 21.8 Å². The maximum absolute atomic E-state index is 14.3. The minimum atomic E-state index is -3.85. The second kappa shape index (κ2) is 15.8. The lowest BCUT2D eigenvalue weighted by molar-refractivity contribution is -0.143. The van der Waals surface area contributed by atoms with Crippen LogP contribution in [0.25, 0.3) is 0 Å². The first kappa shape index (κ1) is 37.8. The number of hydrogen-bond acceptors (Lipinski definition) is 8. The van der Waals surface area contributed by atoms with Crippen LogP contribution >= 0.6 is 0 Å². The van der Waals surface area contributed by atoms with Gasteiger partial charge in [0.25, 0.3) is 5.91 Å². The van der Waals surface area contributed by atoms with Gasteiger partial charge in [-0.15, -0.1) is 6.58 Å².